The topological polar surface area (TPSA) is 40.5 Å². The van der Waals surface area contributed by atoms with Crippen molar-refractivity contribution in [2.75, 3.05) is 0 Å². The molecule has 0 fully saturated rings. The van der Waals surface area contributed by atoms with Gasteiger partial charge < -0.3 is 10.2 Å². The summed E-state index contributed by atoms with van der Waals surface area (Å²) in [4.78, 5) is 0. The molecule has 0 aliphatic heterocycles. The van der Waals surface area contributed by atoms with E-state index in [9.17, 15) is 10.2 Å². The van der Waals surface area contributed by atoms with Crippen molar-refractivity contribution < 1.29 is 10.2 Å². The minimum absolute atomic E-state index is 0.209. The van der Waals surface area contributed by atoms with E-state index in [-0.39, 0.29) is 5.41 Å². The summed E-state index contributed by atoms with van der Waals surface area (Å²) in [5, 5.41) is 22.8. The number of hydrogen-bond acceptors (Lipinski definition) is 2. The fourth-order valence-corrected chi connectivity index (χ4v) is 3.48. The van der Waals surface area contributed by atoms with Gasteiger partial charge in [0.25, 0.3) is 0 Å². The van der Waals surface area contributed by atoms with Gasteiger partial charge in [-0.05, 0) is 70.3 Å². The lowest BCUT2D eigenvalue weighted by molar-refractivity contribution is 0.291. The smallest absolute Gasteiger partial charge is 0.119 e. The first-order chi connectivity index (χ1) is 11.3. The first kappa shape index (κ1) is 18.6. The summed E-state index contributed by atoms with van der Waals surface area (Å²) in [5.41, 5.74) is 2.23. The summed E-state index contributed by atoms with van der Waals surface area (Å²) in [7, 11) is 0. The van der Waals surface area contributed by atoms with Crippen molar-refractivity contribution in [3.05, 3.63) is 35.4 Å². The molecule has 2 aromatic carbocycles. The van der Waals surface area contributed by atoms with Crippen molar-refractivity contribution in [1.82, 2.24) is 0 Å². The van der Waals surface area contributed by atoms with Crippen LogP contribution in [0.25, 0.3) is 10.8 Å². The predicted molar refractivity (Wildman–Crippen MR) is 103 cm³/mol. The second-order valence-electron chi connectivity index (χ2n) is 7.62. The van der Waals surface area contributed by atoms with Crippen molar-refractivity contribution >= 4 is 10.8 Å². The lowest BCUT2D eigenvalue weighted by Crippen LogP contribution is -2.17. The summed E-state index contributed by atoms with van der Waals surface area (Å²) >= 11 is 0. The van der Waals surface area contributed by atoms with Gasteiger partial charge in [0.2, 0.25) is 0 Å². The van der Waals surface area contributed by atoms with Gasteiger partial charge in [0, 0.05) is 0 Å². The van der Waals surface area contributed by atoms with E-state index < -0.39 is 0 Å². The van der Waals surface area contributed by atoms with Crippen molar-refractivity contribution in [3.8, 4) is 11.5 Å². The van der Waals surface area contributed by atoms with Crippen LogP contribution in [0.5, 0.6) is 11.5 Å². The largest absolute Gasteiger partial charge is 0.508 e. The quantitative estimate of drug-likeness (QED) is 0.607. The van der Waals surface area contributed by atoms with Crippen LogP contribution in [-0.2, 0) is 6.42 Å². The van der Waals surface area contributed by atoms with E-state index in [1.165, 1.54) is 0 Å². The number of benzene rings is 2. The predicted octanol–water partition coefficient (Wildman–Crippen LogP) is 6.52. The lowest BCUT2D eigenvalue weighted by atomic mass is 9.78. The molecular formula is C22H32O2. The van der Waals surface area contributed by atoms with Crippen LogP contribution in [0.15, 0.2) is 24.3 Å². The van der Waals surface area contributed by atoms with Gasteiger partial charge in [0.05, 0.1) is 0 Å². The van der Waals surface area contributed by atoms with Crippen LogP contribution < -0.4 is 0 Å². The summed E-state index contributed by atoms with van der Waals surface area (Å²) < 4.78 is 0. The molecule has 2 nitrogen and oxygen atoms in total. The summed E-state index contributed by atoms with van der Waals surface area (Å²) in [6, 6.07) is 7.79. The Balaban J connectivity index is 2.49. The van der Waals surface area contributed by atoms with Crippen LogP contribution in [0.3, 0.4) is 0 Å². The average molecular weight is 328 g/mol. The molecule has 0 radical (unpaired) electrons. The van der Waals surface area contributed by atoms with Gasteiger partial charge in [-0.1, -0.05) is 53.9 Å². The molecule has 2 heteroatoms. The van der Waals surface area contributed by atoms with Gasteiger partial charge in [0.15, 0.2) is 0 Å². The third-order valence-corrected chi connectivity index (χ3v) is 5.76. The zero-order valence-electron chi connectivity index (χ0n) is 15.8. The molecule has 0 aliphatic rings. The maximum absolute atomic E-state index is 10.4. The van der Waals surface area contributed by atoms with Crippen LogP contribution in [-0.4, -0.2) is 10.2 Å². The Labute approximate surface area is 146 Å². The third-order valence-electron chi connectivity index (χ3n) is 5.76. The van der Waals surface area contributed by atoms with Crippen LogP contribution >= 0.6 is 0 Å². The molecule has 0 saturated carbocycles. The van der Waals surface area contributed by atoms with E-state index in [1.807, 2.05) is 0 Å². The molecule has 0 spiro atoms. The molecule has 2 N–H and O–H groups in total. The monoisotopic (exact) mass is 328 g/mol. The Hall–Kier alpha value is -1.70. The van der Waals surface area contributed by atoms with E-state index >= 15 is 0 Å². The van der Waals surface area contributed by atoms with Crippen molar-refractivity contribution in [1.29, 1.82) is 0 Å². The van der Waals surface area contributed by atoms with Gasteiger partial charge in [-0.2, -0.15) is 0 Å². The van der Waals surface area contributed by atoms with Crippen LogP contribution in [0.1, 0.15) is 77.3 Å². The van der Waals surface area contributed by atoms with Crippen LogP contribution in [0, 0.1) is 5.41 Å². The van der Waals surface area contributed by atoms with Crippen LogP contribution in [0.4, 0.5) is 0 Å². The molecule has 0 heterocycles. The zero-order chi connectivity index (χ0) is 17.9. The van der Waals surface area contributed by atoms with E-state index in [0.29, 0.717) is 17.4 Å². The summed E-state index contributed by atoms with van der Waals surface area (Å²) in [5.74, 6) is 1.01. The molecule has 1 unspecified atom stereocenters. The minimum atomic E-state index is 0.209. The lowest BCUT2D eigenvalue weighted by Gasteiger charge is -2.27. The highest BCUT2D eigenvalue weighted by Crippen LogP contribution is 2.38. The van der Waals surface area contributed by atoms with Crippen molar-refractivity contribution in [2.24, 2.45) is 5.41 Å². The SMILES string of the molecule is CCCC(C)c1cc2cc(CC(C)(CC)CC)c(O)cc2cc1O. The normalized spacial score (nSPS) is 13.4. The number of fused-ring (bicyclic) bond motifs is 1. The minimum Gasteiger partial charge on any atom is -0.508 e. The summed E-state index contributed by atoms with van der Waals surface area (Å²) in [6.45, 7) is 11.0. The molecule has 0 amide bonds. The Morgan fingerprint density at radius 1 is 0.917 bits per heavy atom. The standard InChI is InChI=1S/C22H32O2/c1-6-9-15(4)19-11-16-10-18(14-22(5,7-2)8-3)20(23)12-17(16)13-21(19)24/h10-13,15,23-24H,6-9,14H2,1-5H3. The Kier molecular flexibility index (Phi) is 5.79. The van der Waals surface area contributed by atoms with E-state index in [0.717, 1.165) is 54.0 Å². The molecule has 1 atom stereocenters. The Bertz CT molecular complexity index is 699. The number of phenolic OH excluding ortho intramolecular Hbond substituents is 2. The molecule has 0 bridgehead atoms. The Morgan fingerprint density at radius 2 is 1.50 bits per heavy atom. The molecule has 24 heavy (non-hydrogen) atoms. The number of phenols is 2. The van der Waals surface area contributed by atoms with Crippen molar-refractivity contribution in [3.63, 3.8) is 0 Å². The fourth-order valence-electron chi connectivity index (χ4n) is 3.48. The maximum atomic E-state index is 10.4. The molecule has 0 aromatic heterocycles. The van der Waals surface area contributed by atoms with E-state index in [1.54, 1.807) is 12.1 Å². The molecule has 2 aromatic rings. The van der Waals surface area contributed by atoms with Gasteiger partial charge >= 0.3 is 0 Å². The van der Waals surface area contributed by atoms with E-state index in [4.69, 9.17) is 0 Å². The second kappa shape index (κ2) is 7.46. The first-order valence-corrected chi connectivity index (χ1v) is 9.32. The molecular weight excluding hydrogens is 296 g/mol. The fraction of sp³-hybridized carbons (Fsp3) is 0.545. The maximum Gasteiger partial charge on any atom is 0.119 e. The van der Waals surface area contributed by atoms with Gasteiger partial charge in [0.1, 0.15) is 11.5 Å². The number of hydrogen-bond donors (Lipinski definition) is 2. The Morgan fingerprint density at radius 3 is 2.08 bits per heavy atom. The van der Waals surface area contributed by atoms with Gasteiger partial charge in [-0.3, -0.25) is 0 Å². The highest BCUT2D eigenvalue weighted by atomic mass is 16.3. The molecule has 0 saturated heterocycles. The highest BCUT2D eigenvalue weighted by molar-refractivity contribution is 5.87. The first-order valence-electron chi connectivity index (χ1n) is 9.32. The van der Waals surface area contributed by atoms with Crippen molar-refractivity contribution in [2.45, 2.75) is 72.6 Å². The van der Waals surface area contributed by atoms with E-state index in [2.05, 4.69) is 46.8 Å². The third kappa shape index (κ3) is 3.85. The summed E-state index contributed by atoms with van der Waals surface area (Å²) in [6.07, 6.45) is 5.23. The van der Waals surface area contributed by atoms with Gasteiger partial charge in [-0.15, -0.1) is 0 Å². The molecule has 2 rings (SSSR count). The highest BCUT2D eigenvalue weighted by Gasteiger charge is 2.22. The van der Waals surface area contributed by atoms with Crippen LogP contribution in [0.2, 0.25) is 0 Å². The number of aromatic hydroxyl groups is 2. The van der Waals surface area contributed by atoms with Gasteiger partial charge in [-0.25, -0.2) is 0 Å². The molecule has 132 valence electrons. The molecule has 0 aliphatic carbocycles. The zero-order valence-corrected chi connectivity index (χ0v) is 15.8. The number of rotatable bonds is 7. The second-order valence-corrected chi connectivity index (χ2v) is 7.62. The average Bonchev–Trinajstić information content (AvgIpc) is 2.55.